The molecule has 124 valence electrons. The highest BCUT2D eigenvalue weighted by molar-refractivity contribution is 7.99. The van der Waals surface area contributed by atoms with Crippen molar-refractivity contribution in [3.8, 4) is 5.69 Å². The molecule has 6 nitrogen and oxygen atoms in total. The standard InChI is InChI=1S/C18H14N4O2S/c1-12-19-20-18(22(12)13-7-3-2-4-8-13)25-11-21-16(23)14-9-5-6-10-15(14)17(21)24/h2-10H,11H2,1H3. The number of rotatable bonds is 4. The number of carbonyl (C=O) groups is 2. The van der Waals surface area contributed by atoms with Crippen molar-refractivity contribution in [3.05, 3.63) is 71.5 Å². The quantitative estimate of drug-likeness (QED) is 0.535. The molecule has 0 N–H and O–H groups in total. The molecule has 1 aliphatic rings. The summed E-state index contributed by atoms with van der Waals surface area (Å²) >= 11 is 1.31. The van der Waals surface area contributed by atoms with Gasteiger partial charge in [0, 0.05) is 5.69 Å². The van der Waals surface area contributed by atoms with Crippen LogP contribution in [0.25, 0.3) is 5.69 Å². The van der Waals surface area contributed by atoms with Crippen molar-refractivity contribution in [2.45, 2.75) is 12.1 Å². The molecule has 0 unspecified atom stereocenters. The average molecular weight is 350 g/mol. The van der Waals surface area contributed by atoms with Gasteiger partial charge in [-0.2, -0.15) is 0 Å². The summed E-state index contributed by atoms with van der Waals surface area (Å²) in [5.41, 5.74) is 1.84. The predicted octanol–water partition coefficient (Wildman–Crippen LogP) is 2.92. The lowest BCUT2D eigenvalue weighted by Gasteiger charge is -2.13. The first kappa shape index (κ1) is 15.6. The van der Waals surface area contributed by atoms with Crippen molar-refractivity contribution in [1.29, 1.82) is 0 Å². The van der Waals surface area contributed by atoms with Gasteiger partial charge in [0.2, 0.25) is 0 Å². The largest absolute Gasteiger partial charge is 0.274 e. The zero-order valence-electron chi connectivity index (χ0n) is 13.4. The van der Waals surface area contributed by atoms with Gasteiger partial charge in [-0.25, -0.2) is 0 Å². The number of hydrogen-bond acceptors (Lipinski definition) is 5. The van der Waals surface area contributed by atoms with E-state index >= 15 is 0 Å². The number of para-hydroxylation sites is 1. The summed E-state index contributed by atoms with van der Waals surface area (Å²) in [5.74, 6) is 0.402. The number of fused-ring (bicyclic) bond motifs is 1. The maximum Gasteiger partial charge on any atom is 0.262 e. The molecule has 25 heavy (non-hydrogen) atoms. The van der Waals surface area contributed by atoms with Crippen LogP contribution in [0.15, 0.2) is 59.8 Å². The molecule has 2 heterocycles. The van der Waals surface area contributed by atoms with Gasteiger partial charge >= 0.3 is 0 Å². The van der Waals surface area contributed by atoms with E-state index in [4.69, 9.17) is 0 Å². The zero-order valence-corrected chi connectivity index (χ0v) is 14.2. The molecular weight excluding hydrogens is 336 g/mol. The van der Waals surface area contributed by atoms with Crippen molar-refractivity contribution < 1.29 is 9.59 Å². The lowest BCUT2D eigenvalue weighted by Crippen LogP contribution is -2.29. The SMILES string of the molecule is Cc1nnc(SCN2C(=O)c3ccccc3C2=O)n1-c1ccccc1. The third-order valence-electron chi connectivity index (χ3n) is 4.01. The summed E-state index contributed by atoms with van der Waals surface area (Å²) in [6.07, 6.45) is 0. The van der Waals surface area contributed by atoms with E-state index < -0.39 is 0 Å². The number of carbonyl (C=O) groups excluding carboxylic acids is 2. The van der Waals surface area contributed by atoms with E-state index in [1.54, 1.807) is 24.3 Å². The Morgan fingerprint density at radius 1 is 0.880 bits per heavy atom. The Morgan fingerprint density at radius 2 is 1.48 bits per heavy atom. The lowest BCUT2D eigenvalue weighted by molar-refractivity contribution is 0.0684. The number of aromatic nitrogens is 3. The van der Waals surface area contributed by atoms with Crippen molar-refractivity contribution in [2.75, 3.05) is 5.88 Å². The third-order valence-corrected chi connectivity index (χ3v) is 4.92. The zero-order chi connectivity index (χ0) is 17.4. The lowest BCUT2D eigenvalue weighted by atomic mass is 10.1. The van der Waals surface area contributed by atoms with Gasteiger partial charge in [0.1, 0.15) is 5.82 Å². The van der Waals surface area contributed by atoms with E-state index in [0.717, 1.165) is 11.5 Å². The van der Waals surface area contributed by atoms with Gasteiger partial charge in [-0.15, -0.1) is 10.2 Å². The molecule has 0 radical (unpaired) electrons. The molecule has 4 rings (SSSR count). The number of aryl methyl sites for hydroxylation is 1. The van der Waals surface area contributed by atoms with Gasteiger partial charge < -0.3 is 0 Å². The Labute approximate surface area is 148 Å². The molecule has 0 spiro atoms. The van der Waals surface area contributed by atoms with E-state index in [-0.39, 0.29) is 17.7 Å². The van der Waals surface area contributed by atoms with Crippen molar-refractivity contribution in [3.63, 3.8) is 0 Å². The smallest absolute Gasteiger partial charge is 0.262 e. The van der Waals surface area contributed by atoms with Crippen LogP contribution in [0, 0.1) is 6.92 Å². The topological polar surface area (TPSA) is 68.1 Å². The molecule has 0 atom stereocenters. The summed E-state index contributed by atoms with van der Waals surface area (Å²) in [6, 6.07) is 16.6. The van der Waals surface area contributed by atoms with E-state index in [9.17, 15) is 9.59 Å². The molecule has 0 aliphatic carbocycles. The molecule has 2 aromatic carbocycles. The molecular formula is C18H14N4O2S. The molecule has 0 bridgehead atoms. The Hall–Kier alpha value is -2.93. The van der Waals surface area contributed by atoms with Crippen LogP contribution >= 0.6 is 11.8 Å². The van der Waals surface area contributed by atoms with Crippen LogP contribution in [-0.2, 0) is 0 Å². The minimum absolute atomic E-state index is 0.192. The summed E-state index contributed by atoms with van der Waals surface area (Å²) in [6.45, 7) is 1.87. The third kappa shape index (κ3) is 2.62. The molecule has 0 saturated heterocycles. The Morgan fingerprint density at radius 3 is 2.12 bits per heavy atom. The van der Waals surface area contributed by atoms with Crippen LogP contribution in [-0.4, -0.2) is 37.4 Å². The second-order valence-corrected chi connectivity index (χ2v) is 6.47. The van der Waals surface area contributed by atoms with Gasteiger partial charge in [-0.3, -0.25) is 19.1 Å². The summed E-state index contributed by atoms with van der Waals surface area (Å²) in [7, 11) is 0. The fourth-order valence-electron chi connectivity index (χ4n) is 2.79. The predicted molar refractivity (Wildman–Crippen MR) is 93.8 cm³/mol. The van der Waals surface area contributed by atoms with Crippen LogP contribution in [0.4, 0.5) is 0 Å². The van der Waals surface area contributed by atoms with Crippen LogP contribution in [0.3, 0.4) is 0 Å². The molecule has 2 amide bonds. The highest BCUT2D eigenvalue weighted by atomic mass is 32.2. The van der Waals surface area contributed by atoms with Gasteiger partial charge in [0.05, 0.1) is 17.0 Å². The van der Waals surface area contributed by atoms with Crippen molar-refractivity contribution in [2.24, 2.45) is 0 Å². The first-order chi connectivity index (χ1) is 12.2. The van der Waals surface area contributed by atoms with E-state index in [1.165, 1.54) is 16.7 Å². The van der Waals surface area contributed by atoms with Crippen LogP contribution < -0.4 is 0 Å². The molecule has 1 aromatic heterocycles. The molecule has 1 aliphatic heterocycles. The van der Waals surface area contributed by atoms with Gasteiger partial charge in [-0.1, -0.05) is 42.1 Å². The average Bonchev–Trinajstić information content (AvgIpc) is 3.13. The number of nitrogens with zero attached hydrogens (tertiary/aromatic N) is 4. The van der Waals surface area contributed by atoms with Crippen LogP contribution in [0.5, 0.6) is 0 Å². The van der Waals surface area contributed by atoms with E-state index in [0.29, 0.717) is 16.3 Å². The van der Waals surface area contributed by atoms with Crippen LogP contribution in [0.1, 0.15) is 26.5 Å². The van der Waals surface area contributed by atoms with Gasteiger partial charge in [-0.05, 0) is 31.2 Å². The molecule has 0 fully saturated rings. The first-order valence-corrected chi connectivity index (χ1v) is 8.71. The highest BCUT2D eigenvalue weighted by Gasteiger charge is 2.35. The van der Waals surface area contributed by atoms with Crippen molar-refractivity contribution in [1.82, 2.24) is 19.7 Å². The minimum atomic E-state index is -0.268. The second-order valence-electron chi connectivity index (χ2n) is 5.56. The molecule has 3 aromatic rings. The Balaban J connectivity index is 1.58. The Bertz CT molecular complexity index is 933. The number of benzene rings is 2. The van der Waals surface area contributed by atoms with Gasteiger partial charge in [0.15, 0.2) is 5.16 Å². The number of imide groups is 1. The number of amides is 2. The van der Waals surface area contributed by atoms with E-state index in [2.05, 4.69) is 10.2 Å². The Kier molecular flexibility index (Phi) is 3.85. The highest BCUT2D eigenvalue weighted by Crippen LogP contribution is 2.27. The van der Waals surface area contributed by atoms with Crippen molar-refractivity contribution >= 4 is 23.6 Å². The number of hydrogen-bond donors (Lipinski definition) is 0. The number of thioether (sulfide) groups is 1. The molecule has 0 saturated carbocycles. The minimum Gasteiger partial charge on any atom is -0.274 e. The fourth-order valence-corrected chi connectivity index (χ4v) is 3.73. The van der Waals surface area contributed by atoms with Crippen LogP contribution in [0.2, 0.25) is 0 Å². The summed E-state index contributed by atoms with van der Waals surface area (Å²) in [4.78, 5) is 26.1. The van der Waals surface area contributed by atoms with E-state index in [1.807, 2.05) is 41.8 Å². The van der Waals surface area contributed by atoms with Gasteiger partial charge in [0.25, 0.3) is 11.8 Å². The normalized spacial score (nSPS) is 13.4. The monoisotopic (exact) mass is 350 g/mol. The second kappa shape index (κ2) is 6.18. The first-order valence-electron chi connectivity index (χ1n) is 7.72. The fraction of sp³-hybridized carbons (Fsp3) is 0.111. The summed E-state index contributed by atoms with van der Waals surface area (Å²) in [5, 5.41) is 8.94. The summed E-state index contributed by atoms with van der Waals surface area (Å²) < 4.78 is 1.91. The maximum absolute atomic E-state index is 12.4. The maximum atomic E-state index is 12.4. The molecule has 7 heteroatoms.